The van der Waals surface area contributed by atoms with Gasteiger partial charge in [-0.25, -0.2) is 14.2 Å². The molecule has 19 heavy (non-hydrogen) atoms. The van der Waals surface area contributed by atoms with Crippen LogP contribution in [0.4, 0.5) is 15.9 Å². The molecule has 0 saturated carbocycles. The van der Waals surface area contributed by atoms with E-state index in [1.54, 1.807) is 13.0 Å². The highest BCUT2D eigenvalue weighted by molar-refractivity contribution is 9.10. The zero-order valence-electron chi connectivity index (χ0n) is 9.82. The molecule has 7 heteroatoms. The van der Waals surface area contributed by atoms with E-state index in [2.05, 4.69) is 31.2 Å². The predicted molar refractivity (Wildman–Crippen MR) is 71.1 cm³/mol. The second kappa shape index (κ2) is 5.31. The van der Waals surface area contributed by atoms with Gasteiger partial charge in [0.25, 0.3) is 0 Å². The lowest BCUT2D eigenvalue weighted by Crippen LogP contribution is -2.04. The number of benzene rings is 1. The number of aryl methyl sites for hydroxylation is 1. The predicted octanol–water partition coefficient (Wildman–Crippen LogP) is 3.13. The Morgan fingerprint density at radius 2 is 2.16 bits per heavy atom. The first-order valence-electron chi connectivity index (χ1n) is 5.25. The summed E-state index contributed by atoms with van der Waals surface area (Å²) in [5.41, 5.74) is 1.12. The van der Waals surface area contributed by atoms with Gasteiger partial charge in [0.1, 0.15) is 11.6 Å². The lowest BCUT2D eigenvalue weighted by molar-refractivity contribution is 0.0690. The van der Waals surface area contributed by atoms with E-state index >= 15 is 0 Å². The SMILES string of the molecule is Cc1cc(F)c(Br)cc1Nc1cncc(C(=O)O)n1. The van der Waals surface area contributed by atoms with Gasteiger partial charge in [-0.2, -0.15) is 0 Å². The van der Waals surface area contributed by atoms with Crippen LogP contribution in [-0.2, 0) is 0 Å². The molecule has 2 N–H and O–H groups in total. The fourth-order valence-electron chi connectivity index (χ4n) is 1.45. The molecule has 0 aliphatic carbocycles. The van der Waals surface area contributed by atoms with Crippen molar-refractivity contribution >= 4 is 33.4 Å². The van der Waals surface area contributed by atoms with E-state index in [-0.39, 0.29) is 17.3 Å². The molecular weight excluding hydrogens is 317 g/mol. The first kappa shape index (κ1) is 13.4. The van der Waals surface area contributed by atoms with Gasteiger partial charge in [-0.3, -0.25) is 4.98 Å². The van der Waals surface area contributed by atoms with Crippen molar-refractivity contribution in [3.63, 3.8) is 0 Å². The molecule has 0 unspecified atom stereocenters. The topological polar surface area (TPSA) is 75.1 Å². The molecule has 1 heterocycles. The molecule has 0 radical (unpaired) electrons. The van der Waals surface area contributed by atoms with Gasteiger partial charge < -0.3 is 10.4 Å². The standard InChI is InChI=1S/C12H9BrFN3O2/c1-6-2-8(14)7(13)3-9(6)16-11-5-15-4-10(17-11)12(18)19/h2-5H,1H3,(H,16,17)(H,18,19). The zero-order valence-corrected chi connectivity index (χ0v) is 11.4. The summed E-state index contributed by atoms with van der Waals surface area (Å²) in [6, 6.07) is 2.92. The van der Waals surface area contributed by atoms with Gasteiger partial charge in [-0.15, -0.1) is 0 Å². The maximum absolute atomic E-state index is 13.3. The Bertz CT molecular complexity index is 649. The number of carboxylic acid groups (broad SMARTS) is 1. The monoisotopic (exact) mass is 325 g/mol. The van der Waals surface area contributed by atoms with Crippen molar-refractivity contribution in [2.45, 2.75) is 6.92 Å². The minimum Gasteiger partial charge on any atom is -0.476 e. The second-order valence-electron chi connectivity index (χ2n) is 3.80. The van der Waals surface area contributed by atoms with E-state index in [9.17, 15) is 9.18 Å². The molecule has 0 fully saturated rings. The number of hydrogen-bond donors (Lipinski definition) is 2. The Morgan fingerprint density at radius 1 is 1.42 bits per heavy atom. The van der Waals surface area contributed by atoms with Gasteiger partial charge in [0.15, 0.2) is 5.69 Å². The van der Waals surface area contributed by atoms with Gasteiger partial charge >= 0.3 is 5.97 Å². The van der Waals surface area contributed by atoms with Crippen LogP contribution in [0.25, 0.3) is 0 Å². The Hall–Kier alpha value is -2.02. The van der Waals surface area contributed by atoms with Crippen molar-refractivity contribution in [2.75, 3.05) is 5.32 Å². The average molecular weight is 326 g/mol. The fourth-order valence-corrected chi connectivity index (χ4v) is 1.79. The molecule has 2 rings (SSSR count). The van der Waals surface area contributed by atoms with Crippen LogP contribution in [0.1, 0.15) is 16.1 Å². The lowest BCUT2D eigenvalue weighted by Gasteiger charge is -2.10. The van der Waals surface area contributed by atoms with Gasteiger partial charge in [-0.1, -0.05) is 0 Å². The number of carboxylic acids is 1. The van der Waals surface area contributed by atoms with Crippen LogP contribution < -0.4 is 5.32 Å². The molecule has 0 atom stereocenters. The number of carbonyl (C=O) groups is 1. The highest BCUT2D eigenvalue weighted by Crippen LogP contribution is 2.26. The molecule has 0 saturated heterocycles. The molecule has 0 spiro atoms. The molecular formula is C12H9BrFN3O2. The fraction of sp³-hybridized carbons (Fsp3) is 0.0833. The molecule has 0 aliphatic rings. The summed E-state index contributed by atoms with van der Waals surface area (Å²) < 4.78 is 13.6. The van der Waals surface area contributed by atoms with Crippen LogP contribution in [0, 0.1) is 12.7 Å². The molecule has 0 amide bonds. The van der Waals surface area contributed by atoms with Crippen LogP contribution in [0.2, 0.25) is 0 Å². The van der Waals surface area contributed by atoms with Gasteiger partial charge in [0.2, 0.25) is 0 Å². The quantitative estimate of drug-likeness (QED) is 0.906. The molecule has 98 valence electrons. The molecule has 2 aromatic rings. The summed E-state index contributed by atoms with van der Waals surface area (Å²) in [7, 11) is 0. The highest BCUT2D eigenvalue weighted by Gasteiger charge is 2.09. The molecule has 0 bridgehead atoms. The maximum atomic E-state index is 13.3. The van der Waals surface area contributed by atoms with Crippen molar-refractivity contribution in [1.82, 2.24) is 9.97 Å². The van der Waals surface area contributed by atoms with Crippen LogP contribution in [-0.4, -0.2) is 21.0 Å². The minimum atomic E-state index is -1.16. The lowest BCUT2D eigenvalue weighted by atomic mass is 10.2. The first-order chi connectivity index (χ1) is 8.97. The number of hydrogen-bond acceptors (Lipinski definition) is 4. The van der Waals surface area contributed by atoms with E-state index in [0.717, 1.165) is 6.20 Å². The number of halogens is 2. The van der Waals surface area contributed by atoms with E-state index < -0.39 is 5.97 Å². The van der Waals surface area contributed by atoms with E-state index in [1.807, 2.05) is 0 Å². The Balaban J connectivity index is 2.33. The third-order valence-corrected chi connectivity index (χ3v) is 2.99. The van der Waals surface area contributed by atoms with Crippen molar-refractivity contribution in [2.24, 2.45) is 0 Å². The maximum Gasteiger partial charge on any atom is 0.356 e. The summed E-state index contributed by atoms with van der Waals surface area (Å²) in [6.07, 6.45) is 2.55. The van der Waals surface area contributed by atoms with Crippen molar-refractivity contribution < 1.29 is 14.3 Å². The zero-order chi connectivity index (χ0) is 14.0. The van der Waals surface area contributed by atoms with Crippen molar-refractivity contribution in [3.8, 4) is 0 Å². The Morgan fingerprint density at radius 3 is 2.84 bits per heavy atom. The molecule has 0 aliphatic heterocycles. The normalized spacial score (nSPS) is 10.3. The summed E-state index contributed by atoms with van der Waals surface area (Å²) in [5, 5.41) is 11.7. The summed E-state index contributed by atoms with van der Waals surface area (Å²) in [4.78, 5) is 18.4. The second-order valence-corrected chi connectivity index (χ2v) is 4.66. The third kappa shape index (κ3) is 3.05. The van der Waals surface area contributed by atoms with Gasteiger partial charge in [0.05, 0.1) is 16.9 Å². The number of nitrogens with one attached hydrogen (secondary N) is 1. The Labute approximate surface area is 116 Å². The van der Waals surface area contributed by atoms with Crippen LogP contribution in [0.3, 0.4) is 0 Å². The average Bonchev–Trinajstić information content (AvgIpc) is 2.36. The van der Waals surface area contributed by atoms with E-state index in [1.165, 1.54) is 12.3 Å². The third-order valence-electron chi connectivity index (χ3n) is 2.38. The van der Waals surface area contributed by atoms with Crippen molar-refractivity contribution in [1.29, 1.82) is 0 Å². The van der Waals surface area contributed by atoms with Crippen LogP contribution in [0.15, 0.2) is 29.0 Å². The molecule has 1 aromatic carbocycles. The number of rotatable bonds is 3. The largest absolute Gasteiger partial charge is 0.476 e. The van der Waals surface area contributed by atoms with E-state index in [0.29, 0.717) is 15.7 Å². The minimum absolute atomic E-state index is 0.163. The summed E-state index contributed by atoms with van der Waals surface area (Å²) >= 11 is 3.09. The van der Waals surface area contributed by atoms with E-state index in [4.69, 9.17) is 5.11 Å². The van der Waals surface area contributed by atoms with Gasteiger partial charge in [0, 0.05) is 5.69 Å². The smallest absolute Gasteiger partial charge is 0.356 e. The molecule has 1 aromatic heterocycles. The van der Waals surface area contributed by atoms with Crippen molar-refractivity contribution in [3.05, 3.63) is 46.1 Å². The first-order valence-corrected chi connectivity index (χ1v) is 6.04. The molecule has 5 nitrogen and oxygen atoms in total. The Kier molecular flexibility index (Phi) is 3.75. The number of nitrogens with zero attached hydrogens (tertiary/aromatic N) is 2. The van der Waals surface area contributed by atoms with Gasteiger partial charge in [-0.05, 0) is 40.5 Å². The number of aromatic carboxylic acids is 1. The summed E-state index contributed by atoms with van der Waals surface area (Å²) in [6.45, 7) is 1.73. The van der Waals surface area contributed by atoms with Crippen LogP contribution in [0.5, 0.6) is 0 Å². The number of anilines is 2. The summed E-state index contributed by atoms with van der Waals surface area (Å²) in [5.74, 6) is -1.25. The highest BCUT2D eigenvalue weighted by atomic mass is 79.9. The number of aromatic nitrogens is 2. The van der Waals surface area contributed by atoms with Crippen LogP contribution >= 0.6 is 15.9 Å².